The van der Waals surface area contributed by atoms with Crippen LogP contribution in [0.2, 0.25) is 0 Å². The van der Waals surface area contributed by atoms with E-state index in [0.717, 1.165) is 12.8 Å². The molecule has 3 rings (SSSR count). The molecule has 2 aliphatic rings. The number of hydrogen-bond acceptors (Lipinski definition) is 5. The smallest absolute Gasteiger partial charge is 0.251 e. The molecule has 7 nitrogen and oxygen atoms in total. The van der Waals surface area contributed by atoms with Gasteiger partial charge in [0.15, 0.2) is 0 Å². The molecule has 1 amide bonds. The number of halogens is 1. The average Bonchev–Trinajstić information content (AvgIpc) is 3.16. The van der Waals surface area contributed by atoms with Crippen molar-refractivity contribution in [3.8, 4) is 5.75 Å². The van der Waals surface area contributed by atoms with Crippen LogP contribution in [0.1, 0.15) is 12.8 Å². The van der Waals surface area contributed by atoms with Gasteiger partial charge in [-0.1, -0.05) is 15.9 Å². The quantitative estimate of drug-likeness (QED) is 0.719. The standard InChI is InChI=1S/C16H21BrN2O5S/c1-23-13-5-4-12(17)11-15(13)25(21,22)19-8-6-18(7-9-19)16(20)14-3-2-10-24-14/h4-5,11,14H,2-3,6-10H2,1H3. The number of nitrogens with zero attached hydrogens (tertiary/aromatic N) is 2. The van der Waals surface area contributed by atoms with Gasteiger partial charge < -0.3 is 14.4 Å². The lowest BCUT2D eigenvalue weighted by Gasteiger charge is -2.35. The molecule has 1 aromatic rings. The van der Waals surface area contributed by atoms with Crippen molar-refractivity contribution in [1.82, 2.24) is 9.21 Å². The fraction of sp³-hybridized carbons (Fsp3) is 0.562. The lowest BCUT2D eigenvalue weighted by molar-refractivity contribution is -0.142. The molecule has 0 aliphatic carbocycles. The maximum atomic E-state index is 12.9. The molecule has 25 heavy (non-hydrogen) atoms. The highest BCUT2D eigenvalue weighted by atomic mass is 79.9. The Labute approximate surface area is 156 Å². The van der Waals surface area contributed by atoms with E-state index in [2.05, 4.69) is 15.9 Å². The third kappa shape index (κ3) is 3.84. The number of hydrogen-bond donors (Lipinski definition) is 0. The first-order valence-corrected chi connectivity index (χ1v) is 10.4. The summed E-state index contributed by atoms with van der Waals surface area (Å²) in [7, 11) is -2.24. The van der Waals surface area contributed by atoms with Gasteiger partial charge in [0.2, 0.25) is 10.0 Å². The normalized spacial score (nSPS) is 22.2. The molecule has 1 unspecified atom stereocenters. The zero-order valence-corrected chi connectivity index (χ0v) is 16.4. The van der Waals surface area contributed by atoms with Crippen LogP contribution in [0.15, 0.2) is 27.6 Å². The molecule has 2 saturated heterocycles. The Balaban J connectivity index is 1.71. The van der Waals surface area contributed by atoms with Gasteiger partial charge in [0.05, 0.1) is 7.11 Å². The molecule has 0 saturated carbocycles. The fourth-order valence-corrected chi connectivity index (χ4v) is 5.23. The summed E-state index contributed by atoms with van der Waals surface area (Å²) in [5.74, 6) is 0.274. The summed E-state index contributed by atoms with van der Waals surface area (Å²) in [6, 6.07) is 4.89. The summed E-state index contributed by atoms with van der Waals surface area (Å²) >= 11 is 3.30. The average molecular weight is 433 g/mol. The lowest BCUT2D eigenvalue weighted by Crippen LogP contribution is -2.52. The minimum Gasteiger partial charge on any atom is -0.495 e. The molecule has 0 radical (unpaired) electrons. The lowest BCUT2D eigenvalue weighted by atomic mass is 10.2. The number of rotatable bonds is 4. The van der Waals surface area contributed by atoms with Crippen molar-refractivity contribution in [2.24, 2.45) is 0 Å². The van der Waals surface area contributed by atoms with Crippen molar-refractivity contribution in [1.29, 1.82) is 0 Å². The molecular weight excluding hydrogens is 412 g/mol. The Morgan fingerprint density at radius 1 is 1.28 bits per heavy atom. The summed E-state index contributed by atoms with van der Waals surface area (Å²) in [5, 5.41) is 0. The maximum absolute atomic E-state index is 12.9. The number of benzene rings is 1. The molecule has 2 heterocycles. The Morgan fingerprint density at radius 3 is 2.60 bits per heavy atom. The van der Waals surface area contributed by atoms with Crippen LogP contribution in [-0.4, -0.2) is 69.5 Å². The minimum absolute atomic E-state index is 0.0328. The number of methoxy groups -OCH3 is 1. The predicted octanol–water partition coefficient (Wildman–Crippen LogP) is 1.47. The molecule has 138 valence electrons. The number of sulfonamides is 1. The number of ether oxygens (including phenoxy) is 2. The summed E-state index contributed by atoms with van der Waals surface area (Å²) < 4.78 is 38.6. The molecule has 9 heteroatoms. The first kappa shape index (κ1) is 18.6. The molecule has 0 spiro atoms. The Bertz CT molecular complexity index is 741. The van der Waals surface area contributed by atoms with Gasteiger partial charge in [-0.3, -0.25) is 4.79 Å². The third-order valence-electron chi connectivity index (χ3n) is 4.50. The molecule has 0 aromatic heterocycles. The van der Waals surface area contributed by atoms with Gasteiger partial charge in [0.1, 0.15) is 16.7 Å². The van der Waals surface area contributed by atoms with Crippen LogP contribution in [0, 0.1) is 0 Å². The van der Waals surface area contributed by atoms with Crippen molar-refractivity contribution in [3.05, 3.63) is 22.7 Å². The van der Waals surface area contributed by atoms with Crippen molar-refractivity contribution < 1.29 is 22.7 Å². The molecular formula is C16H21BrN2O5S. The van der Waals surface area contributed by atoms with Crippen LogP contribution < -0.4 is 4.74 Å². The maximum Gasteiger partial charge on any atom is 0.251 e. The number of carbonyl (C=O) groups excluding carboxylic acids is 1. The van der Waals surface area contributed by atoms with E-state index in [0.29, 0.717) is 29.9 Å². The van der Waals surface area contributed by atoms with E-state index >= 15 is 0 Å². The largest absolute Gasteiger partial charge is 0.495 e. The van der Waals surface area contributed by atoms with Gasteiger partial charge in [0, 0.05) is 37.3 Å². The van der Waals surface area contributed by atoms with Crippen LogP contribution in [0.4, 0.5) is 0 Å². The summed E-state index contributed by atoms with van der Waals surface area (Å²) in [6.45, 7) is 1.88. The molecule has 2 aliphatic heterocycles. The van der Waals surface area contributed by atoms with Crippen molar-refractivity contribution in [2.75, 3.05) is 39.9 Å². The van der Waals surface area contributed by atoms with Crippen LogP contribution >= 0.6 is 15.9 Å². The first-order valence-electron chi connectivity index (χ1n) is 8.17. The highest BCUT2D eigenvalue weighted by Gasteiger charge is 2.35. The van der Waals surface area contributed by atoms with E-state index in [1.165, 1.54) is 17.5 Å². The Kier molecular flexibility index (Phi) is 5.67. The van der Waals surface area contributed by atoms with Crippen LogP contribution in [0.25, 0.3) is 0 Å². The number of carbonyl (C=O) groups is 1. The van der Waals surface area contributed by atoms with Crippen LogP contribution in [-0.2, 0) is 19.6 Å². The van der Waals surface area contributed by atoms with Crippen molar-refractivity contribution in [3.63, 3.8) is 0 Å². The molecule has 1 atom stereocenters. The highest BCUT2D eigenvalue weighted by molar-refractivity contribution is 9.10. The zero-order chi connectivity index (χ0) is 18.0. The van der Waals surface area contributed by atoms with Gasteiger partial charge in [-0.05, 0) is 31.0 Å². The van der Waals surface area contributed by atoms with E-state index in [1.54, 1.807) is 17.0 Å². The summed E-state index contributed by atoms with van der Waals surface area (Å²) in [6.07, 6.45) is 1.27. The molecule has 2 fully saturated rings. The molecule has 0 bridgehead atoms. The second-order valence-corrected chi connectivity index (χ2v) is 8.85. The van der Waals surface area contributed by atoms with Gasteiger partial charge in [-0.2, -0.15) is 4.31 Å². The predicted molar refractivity (Wildman–Crippen MR) is 95.0 cm³/mol. The highest BCUT2D eigenvalue weighted by Crippen LogP contribution is 2.30. The first-order chi connectivity index (χ1) is 11.9. The fourth-order valence-electron chi connectivity index (χ4n) is 3.12. The monoisotopic (exact) mass is 432 g/mol. The molecule has 1 aromatic carbocycles. The second-order valence-electron chi connectivity index (χ2n) is 6.03. The summed E-state index contributed by atoms with van der Waals surface area (Å²) in [4.78, 5) is 14.2. The van der Waals surface area contributed by atoms with Gasteiger partial charge in [-0.15, -0.1) is 0 Å². The topological polar surface area (TPSA) is 76.2 Å². The van der Waals surface area contributed by atoms with E-state index in [9.17, 15) is 13.2 Å². The van der Waals surface area contributed by atoms with E-state index in [1.807, 2.05) is 0 Å². The van der Waals surface area contributed by atoms with Gasteiger partial charge >= 0.3 is 0 Å². The third-order valence-corrected chi connectivity index (χ3v) is 6.91. The second kappa shape index (κ2) is 7.61. The minimum atomic E-state index is -3.69. The van der Waals surface area contributed by atoms with Crippen molar-refractivity contribution in [2.45, 2.75) is 23.8 Å². The van der Waals surface area contributed by atoms with Crippen LogP contribution in [0.3, 0.4) is 0 Å². The van der Waals surface area contributed by atoms with E-state index in [-0.39, 0.29) is 30.0 Å². The van der Waals surface area contributed by atoms with E-state index < -0.39 is 10.0 Å². The summed E-state index contributed by atoms with van der Waals surface area (Å²) in [5.41, 5.74) is 0. The zero-order valence-electron chi connectivity index (χ0n) is 14.0. The number of amides is 1. The van der Waals surface area contributed by atoms with Crippen LogP contribution in [0.5, 0.6) is 5.75 Å². The Hall–Kier alpha value is -1.16. The Morgan fingerprint density at radius 2 is 2.00 bits per heavy atom. The SMILES string of the molecule is COc1ccc(Br)cc1S(=O)(=O)N1CCN(C(=O)C2CCCO2)CC1. The van der Waals surface area contributed by atoms with Crippen molar-refractivity contribution >= 4 is 31.9 Å². The molecule has 0 N–H and O–H groups in total. The van der Waals surface area contributed by atoms with Gasteiger partial charge in [-0.25, -0.2) is 8.42 Å². The number of piperazine rings is 1. The van der Waals surface area contributed by atoms with Gasteiger partial charge in [0.25, 0.3) is 5.91 Å². The van der Waals surface area contributed by atoms with E-state index in [4.69, 9.17) is 9.47 Å².